The number of methoxy groups -OCH3 is 1. The third-order valence-electron chi connectivity index (χ3n) is 1.99. The molecular formula is C10H13ClFNO. The molecule has 4 heteroatoms. The molecule has 2 nitrogen and oxygen atoms in total. The SMILES string of the molecule is COc1c(Cl)ccc(F)c1CCCN. The predicted octanol–water partition coefficient (Wildman–Crippen LogP) is 2.38. The van der Waals surface area contributed by atoms with E-state index in [0.29, 0.717) is 35.7 Å². The Balaban J connectivity index is 3.03. The molecule has 0 radical (unpaired) electrons. The summed E-state index contributed by atoms with van der Waals surface area (Å²) in [4.78, 5) is 0. The van der Waals surface area contributed by atoms with Crippen LogP contribution >= 0.6 is 11.6 Å². The van der Waals surface area contributed by atoms with Crippen LogP contribution in [0.4, 0.5) is 4.39 Å². The van der Waals surface area contributed by atoms with E-state index in [2.05, 4.69) is 0 Å². The maximum atomic E-state index is 13.4. The van der Waals surface area contributed by atoms with Crippen LogP contribution in [0.3, 0.4) is 0 Å². The highest BCUT2D eigenvalue weighted by Gasteiger charge is 2.12. The van der Waals surface area contributed by atoms with Crippen LogP contribution in [0.15, 0.2) is 12.1 Å². The summed E-state index contributed by atoms with van der Waals surface area (Å²) < 4.78 is 18.4. The van der Waals surface area contributed by atoms with Gasteiger partial charge in [-0.05, 0) is 31.5 Å². The molecule has 0 aliphatic carbocycles. The summed E-state index contributed by atoms with van der Waals surface area (Å²) in [6, 6.07) is 2.83. The van der Waals surface area contributed by atoms with Crippen LogP contribution in [0.2, 0.25) is 5.02 Å². The second kappa shape index (κ2) is 5.17. The first-order valence-corrected chi connectivity index (χ1v) is 4.79. The maximum Gasteiger partial charge on any atom is 0.143 e. The average molecular weight is 218 g/mol. The molecule has 2 N–H and O–H groups in total. The average Bonchev–Trinajstić information content (AvgIpc) is 2.19. The molecular weight excluding hydrogens is 205 g/mol. The van der Waals surface area contributed by atoms with Crippen molar-refractivity contribution < 1.29 is 9.13 Å². The van der Waals surface area contributed by atoms with E-state index in [1.807, 2.05) is 0 Å². The fourth-order valence-corrected chi connectivity index (χ4v) is 1.56. The monoisotopic (exact) mass is 217 g/mol. The van der Waals surface area contributed by atoms with Crippen molar-refractivity contribution >= 4 is 11.6 Å². The Hall–Kier alpha value is -0.800. The van der Waals surface area contributed by atoms with Crippen LogP contribution in [0.1, 0.15) is 12.0 Å². The summed E-state index contributed by atoms with van der Waals surface area (Å²) in [5.41, 5.74) is 5.86. The van der Waals surface area contributed by atoms with Crippen molar-refractivity contribution in [3.05, 3.63) is 28.5 Å². The standard InChI is InChI=1S/C10H13ClFNO/c1-14-10-7(3-2-6-13)9(12)5-4-8(10)11/h4-5H,2-3,6,13H2,1H3. The quantitative estimate of drug-likeness (QED) is 0.841. The minimum Gasteiger partial charge on any atom is -0.495 e. The second-order valence-corrected chi connectivity index (χ2v) is 3.34. The lowest BCUT2D eigenvalue weighted by Gasteiger charge is -2.10. The highest BCUT2D eigenvalue weighted by molar-refractivity contribution is 6.32. The van der Waals surface area contributed by atoms with E-state index in [4.69, 9.17) is 22.1 Å². The third kappa shape index (κ3) is 2.36. The van der Waals surface area contributed by atoms with Crippen molar-refractivity contribution in [2.45, 2.75) is 12.8 Å². The van der Waals surface area contributed by atoms with Crippen molar-refractivity contribution in [2.24, 2.45) is 5.73 Å². The molecule has 0 heterocycles. The molecule has 0 aromatic heterocycles. The lowest BCUT2D eigenvalue weighted by Crippen LogP contribution is -2.03. The summed E-state index contributed by atoms with van der Waals surface area (Å²) >= 11 is 5.86. The van der Waals surface area contributed by atoms with E-state index in [-0.39, 0.29) is 5.82 Å². The van der Waals surface area contributed by atoms with Gasteiger partial charge in [0.15, 0.2) is 0 Å². The predicted molar refractivity (Wildman–Crippen MR) is 55.3 cm³/mol. The molecule has 14 heavy (non-hydrogen) atoms. The van der Waals surface area contributed by atoms with Gasteiger partial charge in [-0.1, -0.05) is 11.6 Å². The molecule has 1 rings (SSSR count). The highest BCUT2D eigenvalue weighted by Crippen LogP contribution is 2.31. The van der Waals surface area contributed by atoms with Crippen LogP contribution in [0.25, 0.3) is 0 Å². The third-order valence-corrected chi connectivity index (χ3v) is 2.29. The van der Waals surface area contributed by atoms with Crippen molar-refractivity contribution in [1.29, 1.82) is 0 Å². The summed E-state index contributed by atoms with van der Waals surface area (Å²) in [5.74, 6) is 0.125. The fraction of sp³-hybridized carbons (Fsp3) is 0.400. The first-order chi connectivity index (χ1) is 6.70. The molecule has 0 atom stereocenters. The van der Waals surface area contributed by atoms with E-state index in [0.717, 1.165) is 0 Å². The molecule has 0 saturated carbocycles. The van der Waals surface area contributed by atoms with Gasteiger partial charge in [0.1, 0.15) is 11.6 Å². The topological polar surface area (TPSA) is 35.2 Å². The number of hydrogen-bond acceptors (Lipinski definition) is 2. The van der Waals surface area contributed by atoms with Crippen LogP contribution in [-0.2, 0) is 6.42 Å². The number of ether oxygens (including phenoxy) is 1. The van der Waals surface area contributed by atoms with Gasteiger partial charge < -0.3 is 10.5 Å². The van der Waals surface area contributed by atoms with Gasteiger partial charge in [-0.2, -0.15) is 0 Å². The molecule has 0 spiro atoms. The zero-order chi connectivity index (χ0) is 10.6. The fourth-order valence-electron chi connectivity index (χ4n) is 1.31. The Labute approximate surface area is 87.8 Å². The Morgan fingerprint density at radius 2 is 2.21 bits per heavy atom. The van der Waals surface area contributed by atoms with E-state index < -0.39 is 0 Å². The Morgan fingerprint density at radius 1 is 1.50 bits per heavy atom. The molecule has 0 fully saturated rings. The number of benzene rings is 1. The Bertz CT molecular complexity index is 317. The minimum absolute atomic E-state index is 0.292. The second-order valence-electron chi connectivity index (χ2n) is 2.93. The Kier molecular flexibility index (Phi) is 4.17. The minimum atomic E-state index is -0.292. The van der Waals surface area contributed by atoms with E-state index in [1.54, 1.807) is 0 Å². The number of halogens is 2. The van der Waals surface area contributed by atoms with Gasteiger partial charge in [0, 0.05) is 5.56 Å². The van der Waals surface area contributed by atoms with Crippen LogP contribution in [0, 0.1) is 5.82 Å². The molecule has 0 bridgehead atoms. The first-order valence-electron chi connectivity index (χ1n) is 4.41. The molecule has 0 saturated heterocycles. The van der Waals surface area contributed by atoms with Crippen LogP contribution in [0.5, 0.6) is 5.75 Å². The molecule has 0 aliphatic rings. The van der Waals surface area contributed by atoms with Crippen molar-refractivity contribution in [1.82, 2.24) is 0 Å². The summed E-state index contributed by atoms with van der Waals surface area (Å²) in [6.07, 6.45) is 1.26. The van der Waals surface area contributed by atoms with Gasteiger partial charge in [0.25, 0.3) is 0 Å². The zero-order valence-electron chi connectivity index (χ0n) is 8.02. The molecule has 1 aromatic carbocycles. The molecule has 78 valence electrons. The van der Waals surface area contributed by atoms with Gasteiger partial charge in [0.05, 0.1) is 12.1 Å². The van der Waals surface area contributed by atoms with Crippen molar-refractivity contribution in [2.75, 3.05) is 13.7 Å². The van der Waals surface area contributed by atoms with Crippen molar-refractivity contribution in [3.63, 3.8) is 0 Å². The lowest BCUT2D eigenvalue weighted by molar-refractivity contribution is 0.404. The number of nitrogens with two attached hydrogens (primary N) is 1. The molecule has 0 unspecified atom stereocenters. The zero-order valence-corrected chi connectivity index (χ0v) is 8.77. The molecule has 1 aromatic rings. The van der Waals surface area contributed by atoms with Gasteiger partial charge >= 0.3 is 0 Å². The normalized spacial score (nSPS) is 10.3. The van der Waals surface area contributed by atoms with E-state index in [1.165, 1.54) is 19.2 Å². The van der Waals surface area contributed by atoms with Gasteiger partial charge in [-0.3, -0.25) is 0 Å². The van der Waals surface area contributed by atoms with Gasteiger partial charge in [0.2, 0.25) is 0 Å². The first kappa shape index (κ1) is 11.3. The summed E-state index contributed by atoms with van der Waals surface area (Å²) in [6.45, 7) is 0.523. The van der Waals surface area contributed by atoms with E-state index >= 15 is 0 Å². The summed E-state index contributed by atoms with van der Waals surface area (Å²) in [5, 5.41) is 0.431. The van der Waals surface area contributed by atoms with Gasteiger partial charge in [-0.25, -0.2) is 4.39 Å². The van der Waals surface area contributed by atoms with Crippen LogP contribution < -0.4 is 10.5 Å². The maximum absolute atomic E-state index is 13.4. The van der Waals surface area contributed by atoms with Crippen LogP contribution in [-0.4, -0.2) is 13.7 Å². The smallest absolute Gasteiger partial charge is 0.143 e. The highest BCUT2D eigenvalue weighted by atomic mass is 35.5. The van der Waals surface area contributed by atoms with Gasteiger partial charge in [-0.15, -0.1) is 0 Å². The Morgan fingerprint density at radius 3 is 2.79 bits per heavy atom. The summed E-state index contributed by atoms with van der Waals surface area (Å²) in [7, 11) is 1.48. The molecule has 0 aliphatic heterocycles. The largest absolute Gasteiger partial charge is 0.495 e. The lowest BCUT2D eigenvalue weighted by atomic mass is 10.1. The van der Waals surface area contributed by atoms with E-state index in [9.17, 15) is 4.39 Å². The number of hydrogen-bond donors (Lipinski definition) is 1. The number of rotatable bonds is 4. The van der Waals surface area contributed by atoms with Crippen molar-refractivity contribution in [3.8, 4) is 5.75 Å². The molecule has 0 amide bonds.